The van der Waals surface area contributed by atoms with Gasteiger partial charge >= 0.3 is 0 Å². The number of rotatable bonds is 3. The van der Waals surface area contributed by atoms with Crippen LogP contribution in [0, 0.1) is 18.8 Å². The zero-order valence-corrected chi connectivity index (χ0v) is 11.3. The number of hydrogen-bond donors (Lipinski definition) is 0. The maximum Gasteiger partial charge on any atom is 0.298 e. The summed E-state index contributed by atoms with van der Waals surface area (Å²) in [5.41, 5.74) is -0.0186. The molecule has 0 saturated carbocycles. The third-order valence-electron chi connectivity index (χ3n) is 2.05. The third kappa shape index (κ3) is 3.88. The smallest absolute Gasteiger partial charge is 0.247 e. The summed E-state index contributed by atoms with van der Waals surface area (Å²) >= 11 is 0. The fourth-order valence-corrected chi connectivity index (χ4v) is 2.51. The lowest BCUT2D eigenvalue weighted by atomic mass is 10.1. The van der Waals surface area contributed by atoms with Crippen molar-refractivity contribution < 1.29 is 12.6 Å². The molecule has 1 aromatic rings. The van der Waals surface area contributed by atoms with Crippen LogP contribution in [0.3, 0.4) is 0 Å². The van der Waals surface area contributed by atoms with E-state index in [0.717, 1.165) is 5.56 Å². The second-order valence-corrected chi connectivity index (χ2v) is 5.78. The molecule has 0 aliphatic rings. The highest BCUT2D eigenvalue weighted by molar-refractivity contribution is 7.86. The zero-order chi connectivity index (χ0) is 13.1. The first kappa shape index (κ1) is 13.8. The van der Waals surface area contributed by atoms with Gasteiger partial charge in [0.1, 0.15) is 5.60 Å². The lowest BCUT2D eigenvalue weighted by Crippen LogP contribution is -2.26. The van der Waals surface area contributed by atoms with Crippen LogP contribution in [0.4, 0.5) is 0 Å². The van der Waals surface area contributed by atoms with Gasteiger partial charge < -0.3 is 0 Å². The lowest BCUT2D eigenvalue weighted by Gasteiger charge is -2.18. The van der Waals surface area contributed by atoms with Crippen LogP contribution in [-0.2, 0) is 14.3 Å². The Labute approximate surface area is 103 Å². The van der Waals surface area contributed by atoms with Gasteiger partial charge in [-0.1, -0.05) is 23.6 Å². The van der Waals surface area contributed by atoms with E-state index < -0.39 is 15.7 Å². The molecule has 1 rings (SSSR count). The molecule has 0 spiro atoms. The molecular weight excluding hydrogens is 236 g/mol. The summed E-state index contributed by atoms with van der Waals surface area (Å²) in [6.45, 7) is 6.78. The average molecular weight is 252 g/mol. The molecule has 0 saturated heterocycles. The van der Waals surface area contributed by atoms with E-state index in [9.17, 15) is 8.42 Å². The molecule has 1 aromatic carbocycles. The molecule has 17 heavy (non-hydrogen) atoms. The van der Waals surface area contributed by atoms with E-state index in [1.165, 1.54) is 12.1 Å². The van der Waals surface area contributed by atoms with Crippen molar-refractivity contribution >= 4 is 10.1 Å². The Morgan fingerprint density at radius 3 is 2.18 bits per heavy atom. The molecule has 4 heteroatoms. The third-order valence-corrected chi connectivity index (χ3v) is 3.54. The van der Waals surface area contributed by atoms with E-state index in [2.05, 4.69) is 11.8 Å². The predicted octanol–water partition coefficient (Wildman–Crippen LogP) is 2.50. The van der Waals surface area contributed by atoms with Crippen LogP contribution < -0.4 is 0 Å². The maximum atomic E-state index is 11.9. The molecule has 0 amide bonds. The van der Waals surface area contributed by atoms with E-state index in [-0.39, 0.29) is 4.90 Å². The first-order chi connectivity index (χ1) is 7.77. The highest BCUT2D eigenvalue weighted by Gasteiger charge is 2.26. The summed E-state index contributed by atoms with van der Waals surface area (Å²) in [6, 6.07) is 6.52. The quantitative estimate of drug-likeness (QED) is 0.613. The number of hydrogen-bond acceptors (Lipinski definition) is 3. The minimum absolute atomic E-state index is 0.147. The Hall–Kier alpha value is -1.31. The number of benzene rings is 1. The van der Waals surface area contributed by atoms with Crippen LogP contribution in [0.15, 0.2) is 29.2 Å². The van der Waals surface area contributed by atoms with Crippen LogP contribution in [0.2, 0.25) is 0 Å². The van der Waals surface area contributed by atoms with Gasteiger partial charge in [0.25, 0.3) is 10.1 Å². The van der Waals surface area contributed by atoms with Gasteiger partial charge in [-0.25, -0.2) is 4.18 Å². The maximum absolute atomic E-state index is 11.9. The monoisotopic (exact) mass is 252 g/mol. The van der Waals surface area contributed by atoms with Crippen LogP contribution >= 0.6 is 0 Å². The molecule has 0 aromatic heterocycles. The number of aryl methyl sites for hydroxylation is 1. The van der Waals surface area contributed by atoms with Gasteiger partial charge in [0.05, 0.1) is 4.90 Å². The Kier molecular flexibility index (Phi) is 3.97. The molecule has 92 valence electrons. The highest BCUT2D eigenvalue weighted by atomic mass is 32.2. The van der Waals surface area contributed by atoms with E-state index in [0.29, 0.717) is 0 Å². The van der Waals surface area contributed by atoms with Gasteiger partial charge in [-0.05, 0) is 39.8 Å². The van der Waals surface area contributed by atoms with Gasteiger partial charge in [0.15, 0.2) is 0 Å². The molecule has 0 unspecified atom stereocenters. The van der Waals surface area contributed by atoms with E-state index in [4.69, 9.17) is 4.18 Å². The summed E-state index contributed by atoms with van der Waals surface area (Å²) in [5, 5.41) is 0. The minimum atomic E-state index is -3.76. The Morgan fingerprint density at radius 2 is 1.71 bits per heavy atom. The van der Waals surface area contributed by atoms with Crippen molar-refractivity contribution in [2.75, 3.05) is 0 Å². The van der Waals surface area contributed by atoms with Gasteiger partial charge in [-0.3, -0.25) is 0 Å². The van der Waals surface area contributed by atoms with E-state index in [1.807, 2.05) is 6.92 Å². The molecule has 0 radical (unpaired) electrons. The topological polar surface area (TPSA) is 43.4 Å². The van der Waals surface area contributed by atoms with Crippen molar-refractivity contribution in [1.29, 1.82) is 0 Å². The summed E-state index contributed by atoms with van der Waals surface area (Å²) in [6.07, 6.45) is 0. The SMILES string of the molecule is CC#CC(C)(C)OS(=O)(=O)c1ccc(C)cc1. The molecule has 3 nitrogen and oxygen atoms in total. The van der Waals surface area contributed by atoms with E-state index in [1.54, 1.807) is 32.9 Å². The standard InChI is InChI=1S/C13H16O3S/c1-5-10-13(3,4)16-17(14,15)12-8-6-11(2)7-9-12/h6-9H,1-4H3. The molecule has 0 fully saturated rings. The van der Waals surface area contributed by atoms with Crippen molar-refractivity contribution in [3.8, 4) is 11.8 Å². The Bertz CT molecular complexity index is 543. The van der Waals surface area contributed by atoms with Gasteiger partial charge in [0, 0.05) is 0 Å². The highest BCUT2D eigenvalue weighted by Crippen LogP contribution is 2.19. The van der Waals surface area contributed by atoms with Gasteiger partial charge in [0.2, 0.25) is 0 Å². The van der Waals surface area contributed by atoms with E-state index >= 15 is 0 Å². The largest absolute Gasteiger partial charge is 0.298 e. The predicted molar refractivity (Wildman–Crippen MR) is 67.0 cm³/mol. The van der Waals surface area contributed by atoms with Crippen LogP contribution in [-0.4, -0.2) is 14.0 Å². The van der Waals surface area contributed by atoms with Crippen LogP contribution in [0.5, 0.6) is 0 Å². The van der Waals surface area contributed by atoms with Crippen molar-refractivity contribution in [2.45, 2.75) is 38.2 Å². The Morgan fingerprint density at radius 1 is 1.18 bits per heavy atom. The molecule has 0 aliphatic heterocycles. The fourth-order valence-electron chi connectivity index (χ4n) is 1.35. The van der Waals surface area contributed by atoms with Crippen molar-refractivity contribution in [1.82, 2.24) is 0 Å². The minimum Gasteiger partial charge on any atom is -0.247 e. The zero-order valence-electron chi connectivity index (χ0n) is 10.4. The van der Waals surface area contributed by atoms with Gasteiger partial charge in [-0.2, -0.15) is 8.42 Å². The second kappa shape index (κ2) is 4.91. The normalized spacial score (nSPS) is 11.8. The molecule has 0 aliphatic carbocycles. The molecule has 0 bridgehead atoms. The first-order valence-electron chi connectivity index (χ1n) is 5.23. The Balaban J connectivity index is 3.04. The summed E-state index contributed by atoms with van der Waals surface area (Å²) < 4.78 is 29.0. The van der Waals surface area contributed by atoms with Crippen molar-refractivity contribution in [2.24, 2.45) is 0 Å². The second-order valence-electron chi connectivity index (χ2n) is 4.24. The van der Waals surface area contributed by atoms with Crippen molar-refractivity contribution in [3.05, 3.63) is 29.8 Å². The first-order valence-corrected chi connectivity index (χ1v) is 6.64. The van der Waals surface area contributed by atoms with Gasteiger partial charge in [-0.15, -0.1) is 5.92 Å². The molecule has 0 heterocycles. The van der Waals surface area contributed by atoms with Crippen LogP contribution in [0.1, 0.15) is 26.3 Å². The lowest BCUT2D eigenvalue weighted by molar-refractivity contribution is 0.181. The fraction of sp³-hybridized carbons (Fsp3) is 0.385. The summed E-state index contributed by atoms with van der Waals surface area (Å²) in [7, 11) is -3.76. The summed E-state index contributed by atoms with van der Waals surface area (Å²) in [4.78, 5) is 0.147. The summed E-state index contributed by atoms with van der Waals surface area (Å²) in [5.74, 6) is 5.36. The van der Waals surface area contributed by atoms with Crippen LogP contribution in [0.25, 0.3) is 0 Å². The average Bonchev–Trinajstić information content (AvgIpc) is 2.16. The molecular formula is C13H16O3S. The van der Waals surface area contributed by atoms with Crippen molar-refractivity contribution in [3.63, 3.8) is 0 Å². The molecule has 0 N–H and O–H groups in total. The molecule has 0 atom stereocenters.